The first-order valence-electron chi connectivity index (χ1n) is 7.99. The molecule has 0 aliphatic rings. The first-order chi connectivity index (χ1) is 13.3. The van der Waals surface area contributed by atoms with Crippen molar-refractivity contribution in [2.75, 3.05) is 10.4 Å². The van der Waals surface area contributed by atoms with Crippen molar-refractivity contribution in [2.24, 2.45) is 5.73 Å². The molecule has 5 nitrogen and oxygen atoms in total. The van der Waals surface area contributed by atoms with Crippen molar-refractivity contribution in [1.82, 2.24) is 4.98 Å². The number of halogens is 4. The summed E-state index contributed by atoms with van der Waals surface area (Å²) in [6.45, 7) is 0. The zero-order valence-electron chi connectivity index (χ0n) is 14.2. The summed E-state index contributed by atoms with van der Waals surface area (Å²) < 4.78 is 39.3. The van der Waals surface area contributed by atoms with E-state index in [1.807, 2.05) is 6.07 Å². The number of pyridine rings is 1. The Morgan fingerprint density at radius 1 is 1.04 bits per heavy atom. The maximum absolute atomic E-state index is 13.1. The minimum Gasteiger partial charge on any atom is -0.350 e. The molecule has 2 aromatic carbocycles. The number of nitrogens with zero attached hydrogens (tertiary/aromatic N) is 2. The number of hydrazine groups is 1. The zero-order chi connectivity index (χ0) is 20.3. The van der Waals surface area contributed by atoms with Crippen LogP contribution in [-0.2, 0) is 6.18 Å². The van der Waals surface area contributed by atoms with Gasteiger partial charge >= 0.3 is 12.2 Å². The summed E-state index contributed by atoms with van der Waals surface area (Å²) in [5, 5.41) is 0.345. The van der Waals surface area contributed by atoms with Gasteiger partial charge in [0, 0.05) is 12.4 Å². The van der Waals surface area contributed by atoms with Gasteiger partial charge < -0.3 is 5.73 Å². The molecule has 0 aliphatic heterocycles. The quantitative estimate of drug-likeness (QED) is 0.575. The Kier molecular flexibility index (Phi) is 5.41. The van der Waals surface area contributed by atoms with Crippen LogP contribution in [0.5, 0.6) is 0 Å². The van der Waals surface area contributed by atoms with Crippen LogP contribution in [0.15, 0.2) is 67.0 Å². The lowest BCUT2D eigenvalue weighted by Crippen LogP contribution is -2.40. The van der Waals surface area contributed by atoms with E-state index in [9.17, 15) is 18.0 Å². The second-order valence-corrected chi connectivity index (χ2v) is 6.17. The van der Waals surface area contributed by atoms with Crippen molar-refractivity contribution < 1.29 is 18.0 Å². The number of aromatic nitrogens is 1. The number of urea groups is 1. The van der Waals surface area contributed by atoms with Gasteiger partial charge in [-0.1, -0.05) is 23.7 Å². The third kappa shape index (κ3) is 4.34. The monoisotopic (exact) mass is 406 g/mol. The average molecular weight is 407 g/mol. The second-order valence-electron chi connectivity index (χ2n) is 5.76. The van der Waals surface area contributed by atoms with Crippen LogP contribution in [0, 0.1) is 0 Å². The summed E-state index contributed by atoms with van der Waals surface area (Å²) in [4.78, 5) is 15.8. The SMILES string of the molecule is NC(=O)N(Nc1cccc(-c2ccncc2)c1)c1ccc(Cl)c(C(F)(F)F)c1. The fourth-order valence-corrected chi connectivity index (χ4v) is 2.78. The van der Waals surface area contributed by atoms with E-state index in [1.54, 1.807) is 42.7 Å². The second kappa shape index (κ2) is 7.77. The minimum atomic E-state index is -4.67. The Labute approximate surface area is 163 Å². The Bertz CT molecular complexity index is 996. The van der Waals surface area contributed by atoms with E-state index in [0.29, 0.717) is 5.69 Å². The van der Waals surface area contributed by atoms with E-state index in [4.69, 9.17) is 17.3 Å². The number of alkyl halides is 3. The molecule has 3 N–H and O–H groups in total. The van der Waals surface area contributed by atoms with Crippen LogP contribution in [0.1, 0.15) is 5.56 Å². The zero-order valence-corrected chi connectivity index (χ0v) is 15.0. The van der Waals surface area contributed by atoms with E-state index in [-0.39, 0.29) is 5.69 Å². The summed E-state index contributed by atoms with van der Waals surface area (Å²) in [6, 6.07) is 12.7. The van der Waals surface area contributed by atoms with Crippen LogP contribution in [0.3, 0.4) is 0 Å². The summed E-state index contributed by atoms with van der Waals surface area (Å²) in [7, 11) is 0. The van der Waals surface area contributed by atoms with Gasteiger partial charge in [0.05, 0.1) is 22.0 Å². The third-order valence-corrected chi connectivity index (χ3v) is 4.18. The van der Waals surface area contributed by atoms with Crippen LogP contribution in [0.4, 0.5) is 29.3 Å². The van der Waals surface area contributed by atoms with Crippen LogP contribution in [-0.4, -0.2) is 11.0 Å². The number of primary amides is 1. The van der Waals surface area contributed by atoms with Gasteiger partial charge in [0.25, 0.3) is 0 Å². The van der Waals surface area contributed by atoms with Crippen molar-refractivity contribution >= 4 is 29.0 Å². The number of hydrogen-bond acceptors (Lipinski definition) is 3. The maximum atomic E-state index is 13.1. The minimum absolute atomic E-state index is 0.0986. The molecule has 0 bridgehead atoms. The Morgan fingerprint density at radius 2 is 1.75 bits per heavy atom. The molecule has 9 heteroatoms. The lowest BCUT2D eigenvalue weighted by molar-refractivity contribution is -0.137. The fraction of sp³-hybridized carbons (Fsp3) is 0.0526. The normalized spacial score (nSPS) is 11.1. The van der Waals surface area contributed by atoms with Gasteiger partial charge in [-0.2, -0.15) is 13.2 Å². The van der Waals surface area contributed by atoms with Gasteiger partial charge in [-0.25, -0.2) is 9.80 Å². The van der Waals surface area contributed by atoms with Crippen LogP contribution >= 0.6 is 11.6 Å². The van der Waals surface area contributed by atoms with E-state index in [2.05, 4.69) is 10.4 Å². The molecule has 28 heavy (non-hydrogen) atoms. The van der Waals surface area contributed by atoms with E-state index in [1.165, 1.54) is 6.07 Å². The lowest BCUT2D eigenvalue weighted by Gasteiger charge is -2.24. The number of nitrogens with two attached hydrogens (primary N) is 1. The standard InChI is InChI=1S/C19H14ClF3N4O/c20-17-5-4-15(11-16(17)19(21,22)23)27(18(24)28)26-14-3-1-2-13(10-14)12-6-8-25-9-7-12/h1-11,26H,(H2,24,28). The molecular weight excluding hydrogens is 393 g/mol. The largest absolute Gasteiger partial charge is 0.417 e. The van der Waals surface area contributed by atoms with E-state index >= 15 is 0 Å². The summed E-state index contributed by atoms with van der Waals surface area (Å²) in [5.41, 5.74) is 9.10. The van der Waals surface area contributed by atoms with Crippen molar-refractivity contribution in [3.8, 4) is 11.1 Å². The topological polar surface area (TPSA) is 71.2 Å². The molecule has 0 radical (unpaired) electrons. The molecule has 0 unspecified atom stereocenters. The molecule has 0 saturated carbocycles. The Balaban J connectivity index is 1.94. The van der Waals surface area contributed by atoms with Crippen molar-refractivity contribution in [3.63, 3.8) is 0 Å². The highest BCUT2D eigenvalue weighted by Crippen LogP contribution is 2.37. The molecule has 0 fully saturated rings. The molecule has 2 amide bonds. The average Bonchev–Trinajstić information content (AvgIpc) is 2.66. The predicted octanol–water partition coefficient (Wildman–Crippen LogP) is 5.33. The fourth-order valence-electron chi connectivity index (χ4n) is 2.56. The molecule has 1 aromatic heterocycles. The Morgan fingerprint density at radius 3 is 2.39 bits per heavy atom. The van der Waals surface area contributed by atoms with Crippen LogP contribution in [0.2, 0.25) is 5.02 Å². The molecule has 1 heterocycles. The number of amides is 2. The van der Waals surface area contributed by atoms with Crippen molar-refractivity contribution in [3.05, 3.63) is 77.6 Å². The summed E-state index contributed by atoms with van der Waals surface area (Å²) >= 11 is 5.63. The number of rotatable bonds is 4. The molecule has 0 atom stereocenters. The molecule has 3 aromatic rings. The van der Waals surface area contributed by atoms with Gasteiger partial charge in [-0.05, 0) is 53.6 Å². The Hall–Kier alpha value is -3.26. The summed E-state index contributed by atoms with van der Waals surface area (Å²) in [6.07, 6.45) is -1.40. The van der Waals surface area contributed by atoms with Crippen molar-refractivity contribution in [2.45, 2.75) is 6.18 Å². The highest BCUT2D eigenvalue weighted by Gasteiger charge is 2.34. The van der Waals surface area contributed by atoms with Gasteiger partial charge in [-0.3, -0.25) is 10.4 Å². The third-order valence-electron chi connectivity index (χ3n) is 3.85. The highest BCUT2D eigenvalue weighted by atomic mass is 35.5. The first kappa shape index (κ1) is 19.5. The van der Waals surface area contributed by atoms with Crippen LogP contribution < -0.4 is 16.2 Å². The number of hydrogen-bond donors (Lipinski definition) is 2. The predicted molar refractivity (Wildman–Crippen MR) is 102 cm³/mol. The van der Waals surface area contributed by atoms with Gasteiger partial charge in [-0.15, -0.1) is 0 Å². The van der Waals surface area contributed by atoms with Gasteiger partial charge in [0.15, 0.2) is 0 Å². The van der Waals surface area contributed by atoms with Crippen molar-refractivity contribution in [1.29, 1.82) is 0 Å². The molecule has 0 saturated heterocycles. The molecule has 0 aliphatic carbocycles. The molecule has 144 valence electrons. The smallest absolute Gasteiger partial charge is 0.350 e. The number of carbonyl (C=O) groups excluding carboxylic acids is 1. The first-order valence-corrected chi connectivity index (χ1v) is 8.37. The number of anilines is 2. The highest BCUT2D eigenvalue weighted by molar-refractivity contribution is 6.31. The lowest BCUT2D eigenvalue weighted by atomic mass is 10.1. The van der Waals surface area contributed by atoms with E-state index < -0.39 is 22.8 Å². The molecule has 0 spiro atoms. The number of benzene rings is 2. The maximum Gasteiger partial charge on any atom is 0.417 e. The molecule has 3 rings (SSSR count). The van der Waals surface area contributed by atoms with Gasteiger partial charge in [0.1, 0.15) is 0 Å². The van der Waals surface area contributed by atoms with E-state index in [0.717, 1.165) is 28.3 Å². The van der Waals surface area contributed by atoms with Crippen LogP contribution in [0.25, 0.3) is 11.1 Å². The number of nitrogens with one attached hydrogen (secondary N) is 1. The molecular formula is C19H14ClF3N4O. The summed E-state index contributed by atoms with van der Waals surface area (Å²) in [5.74, 6) is 0. The number of carbonyl (C=O) groups is 1. The van der Waals surface area contributed by atoms with Gasteiger partial charge in [0.2, 0.25) is 0 Å².